The van der Waals surface area contributed by atoms with Crippen LogP contribution in [0.2, 0.25) is 0 Å². The van der Waals surface area contributed by atoms with Gasteiger partial charge in [-0.25, -0.2) is 4.39 Å². The average molecular weight is 461 g/mol. The van der Waals surface area contributed by atoms with Crippen LogP contribution in [0.3, 0.4) is 0 Å². The van der Waals surface area contributed by atoms with E-state index in [2.05, 4.69) is 6.92 Å². The summed E-state index contributed by atoms with van der Waals surface area (Å²) in [7, 11) is 0. The molecule has 0 saturated carbocycles. The minimum absolute atomic E-state index is 0. The van der Waals surface area contributed by atoms with E-state index >= 15 is 0 Å². The Hall–Kier alpha value is 0.298. The number of ether oxygens (including phenoxy) is 2. The van der Waals surface area contributed by atoms with Crippen LogP contribution in [0.4, 0.5) is 4.39 Å². The van der Waals surface area contributed by atoms with Gasteiger partial charge in [0.15, 0.2) is 0 Å². The van der Waals surface area contributed by atoms with E-state index in [1.165, 1.54) is 12.1 Å². The van der Waals surface area contributed by atoms with E-state index in [1.807, 2.05) is 0 Å². The molecule has 0 spiro atoms. The zero-order valence-corrected chi connectivity index (χ0v) is 14.8. The van der Waals surface area contributed by atoms with E-state index in [4.69, 9.17) is 9.47 Å². The zero-order valence-electron chi connectivity index (χ0n) is 9.90. The third-order valence-corrected chi connectivity index (χ3v) is 2.45. The summed E-state index contributed by atoms with van der Waals surface area (Å²) in [6.07, 6.45) is 2.18. The maximum atomic E-state index is 12.6. The molecule has 0 N–H and O–H groups in total. The number of halogens is 1. The van der Waals surface area contributed by atoms with Crippen molar-refractivity contribution >= 4 is 27.0 Å². The monoisotopic (exact) mass is 461 g/mol. The molecule has 2 atom stereocenters. The van der Waals surface area contributed by atoms with Crippen LogP contribution in [0.15, 0.2) is 24.3 Å². The first-order valence-electron chi connectivity index (χ1n) is 5.11. The maximum absolute atomic E-state index is 12.6. The molecule has 1 aliphatic heterocycles. The van der Waals surface area contributed by atoms with Gasteiger partial charge in [-0.2, -0.15) is 27.0 Å². The molecule has 104 valence electrons. The minimum Gasteiger partial charge on any atom is -0.491 e. The summed E-state index contributed by atoms with van der Waals surface area (Å²) in [5.41, 5.74) is 0. The number of hydrogen-bond acceptors (Lipinski definition) is 2. The van der Waals surface area contributed by atoms with Gasteiger partial charge in [-0.15, -0.1) is 0 Å². The second-order valence-electron chi connectivity index (χ2n) is 3.72. The third-order valence-electron chi connectivity index (χ3n) is 2.45. The first-order valence-corrected chi connectivity index (χ1v) is 5.11. The predicted octanol–water partition coefficient (Wildman–Crippen LogP) is 2.81. The van der Waals surface area contributed by atoms with Crippen molar-refractivity contribution in [3.05, 3.63) is 37.0 Å². The molecule has 0 radical (unpaired) electrons. The Morgan fingerprint density at radius 1 is 1.22 bits per heavy atom. The first-order chi connectivity index (χ1) is 7.24. The molecule has 6 heteroatoms. The molecule has 0 bridgehead atoms. The van der Waals surface area contributed by atoms with Gasteiger partial charge in [-0.05, 0) is 30.7 Å². The molecule has 2 nitrogen and oxygen atoms in total. The quantitative estimate of drug-likeness (QED) is 0.645. The van der Waals surface area contributed by atoms with E-state index in [0.717, 1.165) is 12.8 Å². The smallest absolute Gasteiger partial charge is 0.123 e. The van der Waals surface area contributed by atoms with Crippen molar-refractivity contribution in [3.63, 3.8) is 0 Å². The van der Waals surface area contributed by atoms with Crippen LogP contribution < -0.4 is 4.74 Å². The van der Waals surface area contributed by atoms with E-state index in [-0.39, 0.29) is 66.1 Å². The molecular weight excluding hydrogens is 443 g/mol. The van der Waals surface area contributed by atoms with Crippen molar-refractivity contribution in [1.82, 2.24) is 0 Å². The summed E-state index contributed by atoms with van der Waals surface area (Å²) >= 11 is 0. The topological polar surface area (TPSA) is 18.5 Å². The second-order valence-corrected chi connectivity index (χ2v) is 3.72. The molecule has 0 aromatic heterocycles. The summed E-state index contributed by atoms with van der Waals surface area (Å²) in [6.45, 7) is 4.34. The average Bonchev–Trinajstić information content (AvgIpc) is 2.64. The fraction of sp³-hybridized carbons (Fsp3) is 0.417. The Morgan fingerprint density at radius 3 is 2.33 bits per heavy atom. The van der Waals surface area contributed by atoms with Crippen molar-refractivity contribution in [2.24, 2.45) is 0 Å². The molecule has 18 heavy (non-hydrogen) atoms. The van der Waals surface area contributed by atoms with Crippen molar-refractivity contribution < 1.29 is 34.9 Å². The number of hydrogen-bond donors (Lipinski definition) is 0. The van der Waals surface area contributed by atoms with Gasteiger partial charge < -0.3 is 16.4 Å². The molecular formula is C12H18FO2S2W-. The Bertz CT molecular complexity index is 324. The fourth-order valence-corrected chi connectivity index (χ4v) is 1.62. The van der Waals surface area contributed by atoms with Gasteiger partial charge >= 0.3 is 0 Å². The Kier molecular flexibility index (Phi) is 11.6. The summed E-state index contributed by atoms with van der Waals surface area (Å²) in [6, 6.07) is 6.00. The van der Waals surface area contributed by atoms with Crippen LogP contribution in [-0.4, -0.2) is 18.8 Å². The van der Waals surface area contributed by atoms with E-state index in [1.54, 1.807) is 12.1 Å². The van der Waals surface area contributed by atoms with Gasteiger partial charge in [0, 0.05) is 21.1 Å². The standard InChI is InChI=1S/C12H14FO2.2H2S.W/c1-9-2-5-12(15-9)8-14-11-6-3-10(13)4-7-11;;;/h3-4,6-7,9,12H,1-2,5,8H2;2*1H2;/q-1;;;/t9-,12?;;;/m0.../s1. The van der Waals surface area contributed by atoms with Crippen LogP contribution in [-0.2, 0) is 25.8 Å². The number of rotatable bonds is 3. The minimum atomic E-state index is -0.253. The predicted molar refractivity (Wildman–Crippen MR) is 75.9 cm³/mol. The van der Waals surface area contributed by atoms with Crippen LogP contribution in [0.25, 0.3) is 0 Å². The Balaban J connectivity index is 0. The fourth-order valence-electron chi connectivity index (χ4n) is 1.62. The molecule has 1 aliphatic rings. The maximum Gasteiger partial charge on any atom is 0.123 e. The van der Waals surface area contributed by atoms with Crippen LogP contribution in [0.1, 0.15) is 12.8 Å². The summed E-state index contributed by atoms with van der Waals surface area (Å²) in [4.78, 5) is 0. The Labute approximate surface area is 136 Å². The SMILES string of the molecule is S.S.[CH2-][C@H]1CCC(COc2ccc(F)cc2)O1.[W]. The zero-order chi connectivity index (χ0) is 10.7. The van der Waals surface area contributed by atoms with Gasteiger partial charge in [-0.3, -0.25) is 0 Å². The van der Waals surface area contributed by atoms with Gasteiger partial charge in [0.2, 0.25) is 0 Å². The molecule has 1 unspecified atom stereocenters. The first kappa shape index (κ1) is 20.6. The molecule has 2 rings (SSSR count). The number of benzene rings is 1. The Morgan fingerprint density at radius 2 is 1.83 bits per heavy atom. The van der Waals surface area contributed by atoms with Crippen molar-refractivity contribution in [1.29, 1.82) is 0 Å². The van der Waals surface area contributed by atoms with Crippen LogP contribution in [0, 0.1) is 12.7 Å². The van der Waals surface area contributed by atoms with Crippen LogP contribution >= 0.6 is 27.0 Å². The molecule has 1 saturated heterocycles. The van der Waals surface area contributed by atoms with Crippen molar-refractivity contribution in [3.8, 4) is 5.75 Å². The van der Waals surface area contributed by atoms with Crippen molar-refractivity contribution in [2.45, 2.75) is 25.0 Å². The summed E-state index contributed by atoms with van der Waals surface area (Å²) < 4.78 is 23.6. The van der Waals surface area contributed by atoms with E-state index < -0.39 is 0 Å². The molecule has 0 amide bonds. The largest absolute Gasteiger partial charge is 0.491 e. The van der Waals surface area contributed by atoms with Crippen molar-refractivity contribution in [2.75, 3.05) is 6.61 Å². The van der Waals surface area contributed by atoms with Gasteiger partial charge in [0.25, 0.3) is 0 Å². The molecule has 0 aliphatic carbocycles. The molecule has 1 aromatic rings. The van der Waals surface area contributed by atoms with Gasteiger partial charge in [0.1, 0.15) is 18.2 Å². The van der Waals surface area contributed by atoms with Crippen LogP contribution in [0.5, 0.6) is 5.75 Å². The second kappa shape index (κ2) is 10.1. The van der Waals surface area contributed by atoms with E-state index in [0.29, 0.717) is 12.4 Å². The summed E-state index contributed by atoms with van der Waals surface area (Å²) in [5.74, 6) is 0.421. The van der Waals surface area contributed by atoms with Gasteiger partial charge in [-0.1, -0.05) is 12.5 Å². The molecule has 1 fully saturated rings. The molecule has 1 aromatic carbocycles. The summed E-state index contributed by atoms with van der Waals surface area (Å²) in [5, 5.41) is 0. The normalized spacial score (nSPS) is 21.2. The van der Waals surface area contributed by atoms with Gasteiger partial charge in [0.05, 0.1) is 6.10 Å². The van der Waals surface area contributed by atoms with E-state index in [9.17, 15) is 4.39 Å². The third kappa shape index (κ3) is 6.46. The molecule has 1 heterocycles.